The molecule has 0 saturated carbocycles. The van der Waals surface area contributed by atoms with Crippen LogP contribution in [0.15, 0.2) is 12.7 Å². The molecule has 1 atom stereocenters. The van der Waals surface area contributed by atoms with E-state index in [4.69, 9.17) is 5.11 Å². The zero-order valence-corrected chi connectivity index (χ0v) is 8.88. The summed E-state index contributed by atoms with van der Waals surface area (Å²) in [6.45, 7) is 3.23. The summed E-state index contributed by atoms with van der Waals surface area (Å²) in [4.78, 5) is 33.0. The Morgan fingerprint density at radius 1 is 1.62 bits per heavy atom. The minimum Gasteiger partial charge on any atom is -0.480 e. The Morgan fingerprint density at radius 3 is 2.69 bits per heavy atom. The molecule has 0 saturated heterocycles. The third-order valence-electron chi connectivity index (χ3n) is 1.66. The van der Waals surface area contributed by atoms with Crippen LogP contribution >= 0.6 is 0 Å². The molecule has 2 N–H and O–H groups in total. The summed E-state index contributed by atoms with van der Waals surface area (Å²) in [5.41, 5.74) is 0. The highest BCUT2D eigenvalue weighted by Gasteiger charge is 2.21. The number of carboxylic acid groups (broad SMARTS) is 1. The minimum absolute atomic E-state index is 0.0437. The molecule has 0 fully saturated rings. The average Bonchev–Trinajstić information content (AvgIpc) is 2.24. The van der Waals surface area contributed by atoms with E-state index in [0.29, 0.717) is 0 Å². The number of hydrogen-bond acceptors (Lipinski definition) is 4. The van der Waals surface area contributed by atoms with Gasteiger partial charge in [-0.3, -0.25) is 4.79 Å². The second-order valence-corrected chi connectivity index (χ2v) is 2.92. The summed E-state index contributed by atoms with van der Waals surface area (Å²) in [5.74, 6) is -1.23. The molecule has 0 spiro atoms. The number of likely N-dealkylation sites (N-methyl/N-ethyl adjacent to an activating group) is 1. The summed E-state index contributed by atoms with van der Waals surface area (Å²) in [5, 5.41) is 10.8. The van der Waals surface area contributed by atoms with Crippen LogP contribution in [0, 0.1) is 0 Å². The number of aliphatic carboxylic acids is 1. The number of rotatable bonds is 7. The highest BCUT2D eigenvalue weighted by Crippen LogP contribution is 1.94. The number of carbonyl (C=O) groups excluding carboxylic acids is 2. The van der Waals surface area contributed by atoms with Gasteiger partial charge in [-0.2, -0.15) is 0 Å². The van der Waals surface area contributed by atoms with E-state index in [-0.39, 0.29) is 19.6 Å². The van der Waals surface area contributed by atoms with Crippen LogP contribution in [-0.2, 0) is 14.3 Å². The topological polar surface area (TPSA) is 95.9 Å². The maximum atomic E-state index is 11.2. The third kappa shape index (κ3) is 4.99. The van der Waals surface area contributed by atoms with E-state index in [2.05, 4.69) is 16.6 Å². The van der Waals surface area contributed by atoms with Gasteiger partial charge in [0.2, 0.25) is 6.41 Å². The second-order valence-electron chi connectivity index (χ2n) is 2.92. The molecule has 2 amide bonds. The molecule has 0 rings (SSSR count). The first-order valence-corrected chi connectivity index (χ1v) is 4.44. The number of amides is 2. The molecule has 0 bridgehead atoms. The highest BCUT2D eigenvalue weighted by atomic mass is 16.6. The standard InChI is InChI=1S/C9H14N2O5/c1-3-4-16-9(15)11(2)5-7(8(13)14)10-6-12/h3,6-7H,1,4-5H2,2H3,(H,10,12)(H,13,14). The van der Waals surface area contributed by atoms with Gasteiger partial charge in [-0.1, -0.05) is 12.7 Å². The van der Waals surface area contributed by atoms with Crippen LogP contribution in [0.2, 0.25) is 0 Å². The van der Waals surface area contributed by atoms with E-state index >= 15 is 0 Å². The van der Waals surface area contributed by atoms with Crippen LogP contribution in [-0.4, -0.2) is 54.7 Å². The molecule has 16 heavy (non-hydrogen) atoms. The van der Waals surface area contributed by atoms with Gasteiger partial charge in [-0.15, -0.1) is 0 Å². The van der Waals surface area contributed by atoms with Crippen molar-refractivity contribution >= 4 is 18.5 Å². The Balaban J connectivity index is 4.21. The normalized spacial score (nSPS) is 11.1. The molecule has 0 aromatic carbocycles. The Labute approximate surface area is 92.7 Å². The molecule has 0 aliphatic heterocycles. The zero-order valence-electron chi connectivity index (χ0n) is 8.88. The van der Waals surface area contributed by atoms with Crippen molar-refractivity contribution in [1.82, 2.24) is 10.2 Å². The van der Waals surface area contributed by atoms with Crippen molar-refractivity contribution in [1.29, 1.82) is 0 Å². The lowest BCUT2D eigenvalue weighted by Gasteiger charge is -2.20. The molecular formula is C9H14N2O5. The molecule has 90 valence electrons. The number of carboxylic acids is 1. The minimum atomic E-state index is -1.23. The van der Waals surface area contributed by atoms with Gasteiger partial charge in [-0.05, 0) is 0 Å². The van der Waals surface area contributed by atoms with Gasteiger partial charge in [0.25, 0.3) is 0 Å². The van der Waals surface area contributed by atoms with Crippen molar-refractivity contribution in [3.8, 4) is 0 Å². The van der Waals surface area contributed by atoms with Crippen LogP contribution in [0.25, 0.3) is 0 Å². The molecule has 0 aromatic rings. The summed E-state index contributed by atoms with van der Waals surface area (Å²) in [7, 11) is 1.37. The van der Waals surface area contributed by atoms with Gasteiger partial charge in [-0.25, -0.2) is 9.59 Å². The van der Waals surface area contributed by atoms with E-state index in [9.17, 15) is 14.4 Å². The largest absolute Gasteiger partial charge is 0.480 e. The maximum Gasteiger partial charge on any atom is 0.409 e. The average molecular weight is 230 g/mol. The first kappa shape index (κ1) is 13.9. The fraction of sp³-hybridized carbons (Fsp3) is 0.444. The smallest absolute Gasteiger partial charge is 0.409 e. The van der Waals surface area contributed by atoms with Gasteiger partial charge in [0.05, 0.1) is 6.54 Å². The molecule has 0 radical (unpaired) electrons. The fourth-order valence-corrected chi connectivity index (χ4v) is 0.873. The lowest BCUT2D eigenvalue weighted by molar-refractivity contribution is -0.140. The van der Waals surface area contributed by atoms with Crippen LogP contribution in [0.5, 0.6) is 0 Å². The molecular weight excluding hydrogens is 216 g/mol. The summed E-state index contributed by atoms with van der Waals surface area (Å²) in [6.07, 6.45) is 0.977. The molecule has 0 aliphatic rings. The molecule has 7 heteroatoms. The van der Waals surface area contributed by atoms with Crippen molar-refractivity contribution in [2.45, 2.75) is 6.04 Å². The number of carbonyl (C=O) groups is 3. The zero-order chi connectivity index (χ0) is 12.6. The fourth-order valence-electron chi connectivity index (χ4n) is 0.873. The van der Waals surface area contributed by atoms with Crippen LogP contribution in [0.4, 0.5) is 4.79 Å². The second kappa shape index (κ2) is 7.27. The van der Waals surface area contributed by atoms with Crippen molar-refractivity contribution in [2.75, 3.05) is 20.2 Å². The van der Waals surface area contributed by atoms with Gasteiger partial charge in [0.1, 0.15) is 12.6 Å². The molecule has 7 nitrogen and oxygen atoms in total. The first-order valence-electron chi connectivity index (χ1n) is 4.44. The predicted octanol–water partition coefficient (Wildman–Crippen LogP) is -0.560. The lowest BCUT2D eigenvalue weighted by atomic mass is 10.3. The van der Waals surface area contributed by atoms with E-state index in [1.165, 1.54) is 13.1 Å². The number of nitrogens with one attached hydrogen (secondary N) is 1. The van der Waals surface area contributed by atoms with Gasteiger partial charge in [0.15, 0.2) is 0 Å². The molecule has 0 heterocycles. The summed E-state index contributed by atoms with van der Waals surface area (Å²) >= 11 is 0. The SMILES string of the molecule is C=CCOC(=O)N(C)CC(NC=O)C(=O)O. The predicted molar refractivity (Wildman–Crippen MR) is 54.8 cm³/mol. The Bertz CT molecular complexity index is 279. The molecule has 0 aromatic heterocycles. The monoisotopic (exact) mass is 230 g/mol. The number of ether oxygens (including phenoxy) is 1. The number of nitrogens with zero attached hydrogens (tertiary/aromatic N) is 1. The van der Waals surface area contributed by atoms with Crippen LogP contribution < -0.4 is 5.32 Å². The Kier molecular flexibility index (Phi) is 6.34. The molecule has 0 aliphatic carbocycles. The van der Waals surface area contributed by atoms with Crippen molar-refractivity contribution in [3.63, 3.8) is 0 Å². The van der Waals surface area contributed by atoms with E-state index < -0.39 is 18.1 Å². The summed E-state index contributed by atoms with van der Waals surface area (Å²) < 4.78 is 4.67. The van der Waals surface area contributed by atoms with E-state index in [1.54, 1.807) is 0 Å². The highest BCUT2D eigenvalue weighted by molar-refractivity contribution is 5.77. The van der Waals surface area contributed by atoms with Crippen LogP contribution in [0.1, 0.15) is 0 Å². The van der Waals surface area contributed by atoms with E-state index in [0.717, 1.165) is 4.90 Å². The summed E-state index contributed by atoms with van der Waals surface area (Å²) in [6, 6.07) is -1.15. The Hall–Kier alpha value is -2.05. The third-order valence-corrected chi connectivity index (χ3v) is 1.66. The maximum absolute atomic E-state index is 11.2. The Morgan fingerprint density at radius 2 is 2.25 bits per heavy atom. The van der Waals surface area contributed by atoms with Gasteiger partial charge >= 0.3 is 12.1 Å². The first-order chi connectivity index (χ1) is 7.52. The quantitative estimate of drug-likeness (QED) is 0.451. The van der Waals surface area contributed by atoms with Gasteiger partial charge < -0.3 is 20.1 Å². The van der Waals surface area contributed by atoms with Crippen molar-refractivity contribution < 1.29 is 24.2 Å². The van der Waals surface area contributed by atoms with Gasteiger partial charge in [0, 0.05) is 7.05 Å². The molecule has 1 unspecified atom stereocenters. The lowest BCUT2D eigenvalue weighted by Crippen LogP contribution is -2.46. The van der Waals surface area contributed by atoms with Crippen molar-refractivity contribution in [2.24, 2.45) is 0 Å². The van der Waals surface area contributed by atoms with Crippen LogP contribution in [0.3, 0.4) is 0 Å². The van der Waals surface area contributed by atoms with E-state index in [1.807, 2.05) is 0 Å². The number of hydrogen-bond donors (Lipinski definition) is 2. The van der Waals surface area contributed by atoms with Crippen molar-refractivity contribution in [3.05, 3.63) is 12.7 Å².